The topological polar surface area (TPSA) is 17.8 Å². The fourth-order valence-electron chi connectivity index (χ4n) is 1.73. The molecule has 3 aromatic rings. The van der Waals surface area contributed by atoms with E-state index in [0.29, 0.717) is 0 Å². The lowest BCUT2D eigenvalue weighted by molar-refractivity contribution is 0.625. The van der Waals surface area contributed by atoms with E-state index in [2.05, 4.69) is 5.10 Å². The molecule has 0 saturated carbocycles. The highest BCUT2D eigenvalue weighted by Crippen LogP contribution is 2.26. The molecular weight excluding hydrogens is 235 g/mol. The number of halogens is 1. The van der Waals surface area contributed by atoms with E-state index in [1.807, 2.05) is 29.6 Å². The first-order valence-electron chi connectivity index (χ1n) is 5.18. The van der Waals surface area contributed by atoms with Crippen molar-refractivity contribution in [3.8, 4) is 16.3 Å². The van der Waals surface area contributed by atoms with Crippen LogP contribution in [-0.2, 0) is 0 Å². The highest BCUT2D eigenvalue weighted by atomic mass is 32.1. The minimum absolute atomic E-state index is 0.255. The monoisotopic (exact) mass is 244 g/mol. The molecule has 2 aromatic heterocycles. The van der Waals surface area contributed by atoms with Gasteiger partial charge in [-0.15, -0.1) is 11.3 Å². The van der Waals surface area contributed by atoms with Gasteiger partial charge in [-0.25, -0.2) is 9.07 Å². The van der Waals surface area contributed by atoms with Crippen LogP contribution in [0.1, 0.15) is 0 Å². The Kier molecular flexibility index (Phi) is 2.49. The molecule has 84 valence electrons. The van der Waals surface area contributed by atoms with E-state index in [1.165, 1.54) is 12.1 Å². The van der Waals surface area contributed by atoms with Crippen LogP contribution in [0.2, 0.25) is 0 Å². The summed E-state index contributed by atoms with van der Waals surface area (Å²) in [7, 11) is 0. The van der Waals surface area contributed by atoms with Crippen molar-refractivity contribution in [2.24, 2.45) is 0 Å². The molecule has 0 unspecified atom stereocenters. The molecule has 0 aliphatic heterocycles. The van der Waals surface area contributed by atoms with Crippen molar-refractivity contribution in [1.82, 2.24) is 9.78 Å². The molecular formula is C13H9FN2S. The zero-order chi connectivity index (χ0) is 11.7. The molecule has 0 spiro atoms. The summed E-state index contributed by atoms with van der Waals surface area (Å²) in [6, 6.07) is 12.4. The average molecular weight is 244 g/mol. The molecule has 0 amide bonds. The molecule has 1 aromatic carbocycles. The quantitative estimate of drug-likeness (QED) is 0.671. The second kappa shape index (κ2) is 4.14. The van der Waals surface area contributed by atoms with Crippen LogP contribution in [-0.4, -0.2) is 9.78 Å². The number of thiophene rings is 1. The van der Waals surface area contributed by atoms with Crippen molar-refractivity contribution < 1.29 is 4.39 Å². The fraction of sp³-hybridized carbons (Fsp3) is 0. The fourth-order valence-corrected chi connectivity index (χ4v) is 2.46. The molecule has 17 heavy (non-hydrogen) atoms. The smallest absolute Gasteiger partial charge is 0.125 e. The Morgan fingerprint density at radius 2 is 2.06 bits per heavy atom. The largest absolute Gasteiger partial charge is 0.232 e. The van der Waals surface area contributed by atoms with Crippen molar-refractivity contribution in [1.29, 1.82) is 0 Å². The van der Waals surface area contributed by atoms with E-state index in [9.17, 15) is 4.39 Å². The molecule has 0 fully saturated rings. The molecule has 0 aliphatic carbocycles. The van der Waals surface area contributed by atoms with E-state index in [4.69, 9.17) is 0 Å². The number of aromatic nitrogens is 2. The summed E-state index contributed by atoms with van der Waals surface area (Å²) >= 11 is 1.64. The highest BCUT2D eigenvalue weighted by Gasteiger charge is 2.08. The number of hydrogen-bond donors (Lipinski definition) is 0. The Hall–Kier alpha value is -1.94. The minimum Gasteiger partial charge on any atom is -0.232 e. The van der Waals surface area contributed by atoms with Crippen LogP contribution in [0.3, 0.4) is 0 Å². The SMILES string of the molecule is Fc1cccc(-n2nccc2-c2cccs2)c1. The Bertz CT molecular complexity index is 628. The predicted octanol–water partition coefficient (Wildman–Crippen LogP) is 3.74. The lowest BCUT2D eigenvalue weighted by Crippen LogP contribution is -1.98. The van der Waals surface area contributed by atoms with E-state index in [0.717, 1.165) is 16.3 Å². The van der Waals surface area contributed by atoms with Crippen LogP contribution in [0.15, 0.2) is 54.0 Å². The maximum atomic E-state index is 13.2. The van der Waals surface area contributed by atoms with Crippen molar-refractivity contribution in [3.63, 3.8) is 0 Å². The molecule has 2 heterocycles. The van der Waals surface area contributed by atoms with E-state index < -0.39 is 0 Å². The average Bonchev–Trinajstić information content (AvgIpc) is 3.00. The summed E-state index contributed by atoms with van der Waals surface area (Å²) in [5.74, 6) is -0.255. The van der Waals surface area contributed by atoms with Crippen LogP contribution >= 0.6 is 11.3 Å². The van der Waals surface area contributed by atoms with Gasteiger partial charge in [0, 0.05) is 0 Å². The third-order valence-corrected chi connectivity index (χ3v) is 3.36. The maximum absolute atomic E-state index is 13.2. The van der Waals surface area contributed by atoms with Crippen molar-refractivity contribution in [2.75, 3.05) is 0 Å². The Labute approximate surface area is 102 Å². The molecule has 0 aliphatic rings. The van der Waals surface area contributed by atoms with E-state index in [1.54, 1.807) is 28.3 Å². The standard InChI is InChI=1S/C13H9FN2S/c14-10-3-1-4-11(9-10)16-12(6-7-15-16)13-5-2-8-17-13/h1-9H. The van der Waals surface area contributed by atoms with Gasteiger partial charge in [-0.3, -0.25) is 0 Å². The molecule has 0 N–H and O–H groups in total. The van der Waals surface area contributed by atoms with E-state index >= 15 is 0 Å². The molecule has 0 radical (unpaired) electrons. The van der Waals surface area contributed by atoms with Crippen molar-refractivity contribution in [2.45, 2.75) is 0 Å². The Morgan fingerprint density at radius 1 is 1.12 bits per heavy atom. The third kappa shape index (κ3) is 1.87. The van der Waals surface area contributed by atoms with Gasteiger partial charge in [0.05, 0.1) is 22.5 Å². The molecule has 4 heteroatoms. The van der Waals surface area contributed by atoms with Crippen molar-refractivity contribution in [3.05, 3.63) is 59.9 Å². The summed E-state index contributed by atoms with van der Waals surface area (Å²) in [6.45, 7) is 0. The Morgan fingerprint density at radius 3 is 2.82 bits per heavy atom. The molecule has 0 atom stereocenters. The normalized spacial score (nSPS) is 10.6. The summed E-state index contributed by atoms with van der Waals surface area (Å²) in [5, 5.41) is 6.25. The zero-order valence-corrected chi connectivity index (χ0v) is 9.69. The Balaban J connectivity index is 2.14. The number of nitrogens with zero attached hydrogens (tertiary/aromatic N) is 2. The van der Waals surface area contributed by atoms with Gasteiger partial charge in [-0.2, -0.15) is 5.10 Å². The molecule has 0 bridgehead atoms. The van der Waals surface area contributed by atoms with Gasteiger partial charge in [0.1, 0.15) is 5.82 Å². The van der Waals surface area contributed by atoms with Gasteiger partial charge >= 0.3 is 0 Å². The van der Waals surface area contributed by atoms with Gasteiger partial charge in [0.15, 0.2) is 0 Å². The highest BCUT2D eigenvalue weighted by molar-refractivity contribution is 7.13. The molecule has 2 nitrogen and oxygen atoms in total. The molecule has 3 rings (SSSR count). The third-order valence-electron chi connectivity index (χ3n) is 2.47. The lowest BCUT2D eigenvalue weighted by Gasteiger charge is -2.05. The number of benzene rings is 1. The van der Waals surface area contributed by atoms with Gasteiger partial charge in [-0.05, 0) is 35.7 Å². The maximum Gasteiger partial charge on any atom is 0.125 e. The van der Waals surface area contributed by atoms with Gasteiger partial charge in [0.2, 0.25) is 0 Å². The second-order valence-corrected chi connectivity index (χ2v) is 4.53. The van der Waals surface area contributed by atoms with E-state index in [-0.39, 0.29) is 5.82 Å². The number of rotatable bonds is 2. The number of hydrogen-bond acceptors (Lipinski definition) is 2. The van der Waals surface area contributed by atoms with Crippen LogP contribution in [0.4, 0.5) is 4.39 Å². The minimum atomic E-state index is -0.255. The molecule has 0 saturated heterocycles. The van der Waals surface area contributed by atoms with Crippen molar-refractivity contribution >= 4 is 11.3 Å². The summed E-state index contributed by atoms with van der Waals surface area (Å²) in [4.78, 5) is 1.12. The van der Waals surface area contributed by atoms with Crippen LogP contribution < -0.4 is 0 Å². The second-order valence-electron chi connectivity index (χ2n) is 3.59. The zero-order valence-electron chi connectivity index (χ0n) is 8.88. The summed E-state index contributed by atoms with van der Waals surface area (Å²) in [5.41, 5.74) is 1.71. The van der Waals surface area contributed by atoms with Gasteiger partial charge in [0.25, 0.3) is 0 Å². The van der Waals surface area contributed by atoms with Gasteiger partial charge in [-0.1, -0.05) is 12.1 Å². The first-order valence-corrected chi connectivity index (χ1v) is 6.06. The summed E-state index contributed by atoms with van der Waals surface area (Å²) < 4.78 is 14.9. The van der Waals surface area contributed by atoms with Crippen LogP contribution in [0, 0.1) is 5.82 Å². The summed E-state index contributed by atoms with van der Waals surface area (Å²) in [6.07, 6.45) is 1.72. The van der Waals surface area contributed by atoms with Gasteiger partial charge < -0.3 is 0 Å². The first-order chi connectivity index (χ1) is 8.34. The lowest BCUT2D eigenvalue weighted by atomic mass is 10.3. The first kappa shape index (κ1) is 10.2. The van der Waals surface area contributed by atoms with Crippen LogP contribution in [0.25, 0.3) is 16.3 Å². The van der Waals surface area contributed by atoms with Crippen LogP contribution in [0.5, 0.6) is 0 Å². The predicted molar refractivity (Wildman–Crippen MR) is 66.8 cm³/mol.